The third kappa shape index (κ3) is 2.48. The molecule has 1 unspecified atom stereocenters. The summed E-state index contributed by atoms with van der Waals surface area (Å²) < 4.78 is 0. The van der Waals surface area contributed by atoms with Crippen LogP contribution in [0.4, 0.5) is 5.69 Å². The number of aliphatic hydroxyl groups is 1. The first-order chi connectivity index (χ1) is 8.63. The lowest BCUT2D eigenvalue weighted by Crippen LogP contribution is -2.30. The number of hydrogen-bond acceptors (Lipinski definition) is 3. The monoisotopic (exact) mass is 248 g/mol. The van der Waals surface area contributed by atoms with Gasteiger partial charge in [-0.1, -0.05) is 12.1 Å². The molecule has 98 valence electrons. The van der Waals surface area contributed by atoms with E-state index in [-0.39, 0.29) is 12.5 Å². The van der Waals surface area contributed by atoms with Crippen LogP contribution in [0.5, 0.6) is 0 Å². The lowest BCUT2D eigenvalue weighted by molar-refractivity contribution is 0.0785. The fourth-order valence-corrected chi connectivity index (χ4v) is 2.58. The summed E-state index contributed by atoms with van der Waals surface area (Å²) in [6, 6.07) is 5.53. The largest absolute Gasteiger partial charge is 0.398 e. The first-order valence-electron chi connectivity index (χ1n) is 6.38. The van der Waals surface area contributed by atoms with Crippen molar-refractivity contribution in [2.75, 3.05) is 25.4 Å². The molecule has 2 rings (SSSR count). The average molecular weight is 248 g/mol. The zero-order chi connectivity index (χ0) is 13.1. The van der Waals surface area contributed by atoms with Crippen LogP contribution in [0.3, 0.4) is 0 Å². The summed E-state index contributed by atoms with van der Waals surface area (Å²) in [5.41, 5.74) is 7.99. The second-order valence-corrected chi connectivity index (χ2v) is 4.96. The number of carbonyl (C=O) groups excluding carboxylic acids is 1. The number of anilines is 1. The molecule has 1 aliphatic rings. The molecule has 1 aromatic carbocycles. The number of nitrogens with two attached hydrogens (primary N) is 1. The number of aliphatic hydroxyl groups excluding tert-OH is 1. The summed E-state index contributed by atoms with van der Waals surface area (Å²) in [4.78, 5) is 14.3. The Bertz CT molecular complexity index is 425. The van der Waals surface area contributed by atoms with Crippen LogP contribution in [0.2, 0.25) is 0 Å². The van der Waals surface area contributed by atoms with E-state index in [0.717, 1.165) is 31.5 Å². The number of nitrogens with zero attached hydrogens (tertiary/aromatic N) is 1. The Labute approximate surface area is 107 Å². The molecule has 1 amide bonds. The van der Waals surface area contributed by atoms with E-state index < -0.39 is 0 Å². The molecule has 0 saturated carbocycles. The van der Waals surface area contributed by atoms with Gasteiger partial charge in [-0.15, -0.1) is 0 Å². The van der Waals surface area contributed by atoms with E-state index in [9.17, 15) is 4.79 Å². The minimum absolute atomic E-state index is 0.0195. The maximum Gasteiger partial charge on any atom is 0.256 e. The van der Waals surface area contributed by atoms with Crippen LogP contribution >= 0.6 is 0 Å². The van der Waals surface area contributed by atoms with Crippen molar-refractivity contribution in [1.29, 1.82) is 0 Å². The zero-order valence-electron chi connectivity index (χ0n) is 10.7. The Hall–Kier alpha value is -1.55. The van der Waals surface area contributed by atoms with Crippen molar-refractivity contribution in [3.8, 4) is 0 Å². The molecule has 3 N–H and O–H groups in total. The number of nitrogen functional groups attached to an aromatic ring is 1. The van der Waals surface area contributed by atoms with E-state index in [1.165, 1.54) is 0 Å². The second-order valence-electron chi connectivity index (χ2n) is 4.96. The van der Waals surface area contributed by atoms with Gasteiger partial charge in [0.1, 0.15) is 0 Å². The van der Waals surface area contributed by atoms with Crippen LogP contribution in [0.1, 0.15) is 28.8 Å². The zero-order valence-corrected chi connectivity index (χ0v) is 10.7. The van der Waals surface area contributed by atoms with Crippen LogP contribution in [-0.4, -0.2) is 35.6 Å². The molecule has 1 aromatic rings. The van der Waals surface area contributed by atoms with Crippen LogP contribution < -0.4 is 5.73 Å². The van der Waals surface area contributed by atoms with Crippen LogP contribution in [-0.2, 0) is 0 Å². The van der Waals surface area contributed by atoms with Crippen molar-refractivity contribution < 1.29 is 9.90 Å². The smallest absolute Gasteiger partial charge is 0.256 e. The van der Waals surface area contributed by atoms with Crippen LogP contribution in [0.25, 0.3) is 0 Å². The van der Waals surface area contributed by atoms with Gasteiger partial charge < -0.3 is 15.7 Å². The molecule has 1 saturated heterocycles. The normalized spacial score (nSPS) is 19.2. The molecule has 4 heteroatoms. The van der Waals surface area contributed by atoms with Crippen LogP contribution in [0, 0.1) is 12.8 Å². The van der Waals surface area contributed by atoms with Gasteiger partial charge in [0.2, 0.25) is 0 Å². The lowest BCUT2D eigenvalue weighted by Gasteiger charge is -2.19. The van der Waals surface area contributed by atoms with Crippen molar-refractivity contribution in [1.82, 2.24) is 4.90 Å². The standard InChI is InChI=1S/C14H20N2O2/c1-10-3-2-4-12(15)13(10)14(18)16-7-5-11(9-16)6-8-17/h2-4,11,17H,5-9,15H2,1H3. The first kappa shape index (κ1) is 12.9. The summed E-state index contributed by atoms with van der Waals surface area (Å²) in [6.45, 7) is 3.59. The van der Waals surface area contributed by atoms with Gasteiger partial charge in [-0.05, 0) is 37.3 Å². The Morgan fingerprint density at radius 2 is 2.33 bits per heavy atom. The van der Waals surface area contributed by atoms with E-state index in [1.54, 1.807) is 6.07 Å². The predicted molar refractivity (Wildman–Crippen MR) is 71.3 cm³/mol. The number of amides is 1. The molecule has 0 radical (unpaired) electrons. The van der Waals surface area contributed by atoms with Gasteiger partial charge in [0.05, 0.1) is 5.56 Å². The maximum absolute atomic E-state index is 12.4. The van der Waals surface area contributed by atoms with Gasteiger partial charge >= 0.3 is 0 Å². The molecule has 0 spiro atoms. The molecule has 0 aliphatic carbocycles. The molecule has 1 atom stereocenters. The summed E-state index contributed by atoms with van der Waals surface area (Å²) in [5.74, 6) is 0.440. The van der Waals surface area contributed by atoms with E-state index in [2.05, 4.69) is 0 Å². The fourth-order valence-electron chi connectivity index (χ4n) is 2.58. The highest BCUT2D eigenvalue weighted by molar-refractivity contribution is 6.00. The average Bonchev–Trinajstić information content (AvgIpc) is 2.78. The summed E-state index contributed by atoms with van der Waals surface area (Å²) in [7, 11) is 0. The Balaban J connectivity index is 2.13. The topological polar surface area (TPSA) is 66.6 Å². The fraction of sp³-hybridized carbons (Fsp3) is 0.500. The van der Waals surface area contributed by atoms with E-state index in [4.69, 9.17) is 10.8 Å². The molecular weight excluding hydrogens is 228 g/mol. The highest BCUT2D eigenvalue weighted by Gasteiger charge is 2.28. The van der Waals surface area contributed by atoms with Gasteiger partial charge in [0.15, 0.2) is 0 Å². The van der Waals surface area contributed by atoms with Gasteiger partial charge in [0.25, 0.3) is 5.91 Å². The minimum atomic E-state index is 0.0195. The predicted octanol–water partition coefficient (Wildman–Crippen LogP) is 1.42. The number of hydrogen-bond donors (Lipinski definition) is 2. The number of aryl methyl sites for hydroxylation is 1. The van der Waals surface area contributed by atoms with Crippen molar-refractivity contribution in [2.45, 2.75) is 19.8 Å². The SMILES string of the molecule is Cc1cccc(N)c1C(=O)N1CCC(CCO)C1. The molecular formula is C14H20N2O2. The number of rotatable bonds is 3. The van der Waals surface area contributed by atoms with Crippen molar-refractivity contribution in [2.24, 2.45) is 5.92 Å². The van der Waals surface area contributed by atoms with E-state index in [1.807, 2.05) is 24.0 Å². The Kier molecular flexibility index (Phi) is 3.87. The first-order valence-corrected chi connectivity index (χ1v) is 6.38. The molecule has 1 fully saturated rings. The third-order valence-corrected chi connectivity index (χ3v) is 3.63. The quantitative estimate of drug-likeness (QED) is 0.795. The summed E-state index contributed by atoms with van der Waals surface area (Å²) in [5, 5.41) is 8.93. The molecule has 4 nitrogen and oxygen atoms in total. The van der Waals surface area contributed by atoms with Gasteiger partial charge in [-0.2, -0.15) is 0 Å². The van der Waals surface area contributed by atoms with Crippen molar-refractivity contribution in [3.05, 3.63) is 29.3 Å². The molecule has 1 heterocycles. The van der Waals surface area contributed by atoms with Crippen LogP contribution in [0.15, 0.2) is 18.2 Å². The van der Waals surface area contributed by atoms with Gasteiger partial charge in [0, 0.05) is 25.4 Å². The minimum Gasteiger partial charge on any atom is -0.398 e. The summed E-state index contributed by atoms with van der Waals surface area (Å²) >= 11 is 0. The number of benzene rings is 1. The van der Waals surface area contributed by atoms with Gasteiger partial charge in [-0.25, -0.2) is 0 Å². The summed E-state index contributed by atoms with van der Waals surface area (Å²) in [6.07, 6.45) is 1.74. The van der Waals surface area contributed by atoms with Crippen molar-refractivity contribution in [3.63, 3.8) is 0 Å². The number of carbonyl (C=O) groups is 1. The molecule has 0 aromatic heterocycles. The molecule has 0 bridgehead atoms. The van der Waals surface area contributed by atoms with E-state index in [0.29, 0.717) is 17.2 Å². The number of likely N-dealkylation sites (tertiary alicyclic amines) is 1. The lowest BCUT2D eigenvalue weighted by atomic mass is 10.0. The third-order valence-electron chi connectivity index (χ3n) is 3.63. The maximum atomic E-state index is 12.4. The highest BCUT2D eigenvalue weighted by Crippen LogP contribution is 2.24. The second kappa shape index (κ2) is 5.40. The van der Waals surface area contributed by atoms with E-state index >= 15 is 0 Å². The Morgan fingerprint density at radius 3 is 3.00 bits per heavy atom. The van der Waals surface area contributed by atoms with Gasteiger partial charge in [-0.3, -0.25) is 4.79 Å². The molecule has 18 heavy (non-hydrogen) atoms. The van der Waals surface area contributed by atoms with Crippen molar-refractivity contribution >= 4 is 11.6 Å². The molecule has 1 aliphatic heterocycles. The highest BCUT2D eigenvalue weighted by atomic mass is 16.3. The Morgan fingerprint density at radius 1 is 1.56 bits per heavy atom.